The highest BCUT2D eigenvalue weighted by atomic mass is 16.5. The van der Waals surface area contributed by atoms with Gasteiger partial charge in [-0.2, -0.15) is 0 Å². The van der Waals surface area contributed by atoms with Gasteiger partial charge in [0, 0.05) is 0 Å². The molecule has 0 fully saturated rings. The lowest BCUT2D eigenvalue weighted by Gasteiger charge is -2.07. The molecule has 0 radical (unpaired) electrons. The Balaban J connectivity index is 3.21. The largest absolute Gasteiger partial charge is 0.464 e. The molecule has 118 valence electrons. The molecule has 20 heavy (non-hydrogen) atoms. The lowest BCUT2D eigenvalue weighted by molar-refractivity contribution is -0.153. The van der Waals surface area contributed by atoms with Crippen LogP contribution < -0.4 is 0 Å². The monoisotopic (exact) mass is 290 g/mol. The lowest BCUT2D eigenvalue weighted by Crippen LogP contribution is -2.19. The molecule has 0 aliphatic rings. The molecule has 0 saturated heterocycles. The second-order valence-corrected chi connectivity index (χ2v) is 4.81. The Hall–Kier alpha value is -1.14. The van der Waals surface area contributed by atoms with Crippen LogP contribution in [0.4, 0.5) is 0 Å². The number of carbonyl (C=O) groups is 2. The SMILES string of the molecule is CC(O)C(=O)OCCCCCCCCOC(=O)C(C)O. The van der Waals surface area contributed by atoms with Gasteiger partial charge in [-0.3, -0.25) is 0 Å². The summed E-state index contributed by atoms with van der Waals surface area (Å²) in [6.07, 6.45) is 3.43. The van der Waals surface area contributed by atoms with Crippen molar-refractivity contribution in [1.82, 2.24) is 0 Å². The summed E-state index contributed by atoms with van der Waals surface area (Å²) >= 11 is 0. The highest BCUT2D eigenvalue weighted by Gasteiger charge is 2.09. The first kappa shape index (κ1) is 18.9. The maximum absolute atomic E-state index is 10.9. The van der Waals surface area contributed by atoms with Crippen LogP contribution in [0.5, 0.6) is 0 Å². The minimum absolute atomic E-state index is 0.343. The lowest BCUT2D eigenvalue weighted by atomic mass is 10.1. The molecule has 2 unspecified atom stereocenters. The number of hydrogen-bond donors (Lipinski definition) is 2. The molecule has 0 heterocycles. The summed E-state index contributed by atoms with van der Waals surface area (Å²) in [4.78, 5) is 21.8. The van der Waals surface area contributed by atoms with Crippen molar-refractivity contribution in [3.8, 4) is 0 Å². The highest BCUT2D eigenvalue weighted by Crippen LogP contribution is 2.06. The van der Waals surface area contributed by atoms with E-state index in [1.807, 2.05) is 0 Å². The zero-order valence-electron chi connectivity index (χ0n) is 12.3. The molecule has 0 aromatic heterocycles. The molecule has 0 aliphatic heterocycles. The number of rotatable bonds is 11. The summed E-state index contributed by atoms with van der Waals surface area (Å²) in [6.45, 7) is 3.45. The van der Waals surface area contributed by atoms with Gasteiger partial charge in [-0.05, 0) is 26.7 Å². The van der Waals surface area contributed by atoms with Gasteiger partial charge in [0.05, 0.1) is 13.2 Å². The van der Waals surface area contributed by atoms with Gasteiger partial charge < -0.3 is 19.7 Å². The fourth-order valence-electron chi connectivity index (χ4n) is 1.50. The summed E-state index contributed by atoms with van der Waals surface area (Å²) in [5.74, 6) is -1.16. The van der Waals surface area contributed by atoms with Crippen molar-refractivity contribution < 1.29 is 29.3 Å². The van der Waals surface area contributed by atoms with E-state index >= 15 is 0 Å². The van der Waals surface area contributed by atoms with Gasteiger partial charge in [0.1, 0.15) is 12.2 Å². The first-order valence-electron chi connectivity index (χ1n) is 7.14. The van der Waals surface area contributed by atoms with Crippen LogP contribution >= 0.6 is 0 Å². The maximum atomic E-state index is 10.9. The summed E-state index contributed by atoms with van der Waals surface area (Å²) < 4.78 is 9.65. The van der Waals surface area contributed by atoms with Crippen LogP contribution in [0.1, 0.15) is 52.4 Å². The van der Waals surface area contributed by atoms with Crippen LogP contribution in [0.2, 0.25) is 0 Å². The van der Waals surface area contributed by atoms with Crippen molar-refractivity contribution in [1.29, 1.82) is 0 Å². The number of aliphatic hydroxyl groups excluding tert-OH is 2. The van der Waals surface area contributed by atoms with Crippen LogP contribution in [-0.2, 0) is 19.1 Å². The molecular weight excluding hydrogens is 264 g/mol. The number of ether oxygens (including phenoxy) is 2. The third-order valence-corrected chi connectivity index (χ3v) is 2.71. The molecular formula is C14H26O6. The second-order valence-electron chi connectivity index (χ2n) is 4.81. The number of esters is 2. The zero-order valence-corrected chi connectivity index (χ0v) is 12.3. The summed E-state index contributed by atoms with van der Waals surface area (Å²) in [5, 5.41) is 17.8. The minimum Gasteiger partial charge on any atom is -0.464 e. The Labute approximate surface area is 120 Å². The van der Waals surface area contributed by atoms with Gasteiger partial charge in [-0.15, -0.1) is 0 Å². The van der Waals surface area contributed by atoms with Gasteiger partial charge in [0.15, 0.2) is 0 Å². The van der Waals surface area contributed by atoms with Gasteiger partial charge in [0.25, 0.3) is 0 Å². The van der Waals surface area contributed by atoms with Crippen LogP contribution in [0.15, 0.2) is 0 Å². The first-order valence-corrected chi connectivity index (χ1v) is 7.14. The predicted octanol–water partition coefficient (Wildman–Crippen LogP) is 1.17. The number of carbonyl (C=O) groups excluding carboxylic acids is 2. The smallest absolute Gasteiger partial charge is 0.334 e. The third-order valence-electron chi connectivity index (χ3n) is 2.71. The van der Waals surface area contributed by atoms with Gasteiger partial charge in [0.2, 0.25) is 0 Å². The molecule has 2 atom stereocenters. The first-order chi connectivity index (χ1) is 9.45. The second kappa shape index (κ2) is 11.7. The normalized spacial score (nSPS) is 13.6. The molecule has 0 saturated carbocycles. The van der Waals surface area contributed by atoms with Crippen LogP contribution in [0, 0.1) is 0 Å². The molecule has 6 nitrogen and oxygen atoms in total. The Morgan fingerprint density at radius 3 is 1.35 bits per heavy atom. The standard InChI is InChI=1S/C14H26O6/c1-11(15)13(17)19-9-7-5-3-4-6-8-10-20-14(18)12(2)16/h11-12,15-16H,3-10H2,1-2H3. The van der Waals surface area contributed by atoms with Crippen molar-refractivity contribution >= 4 is 11.9 Å². The van der Waals surface area contributed by atoms with E-state index in [-0.39, 0.29) is 0 Å². The van der Waals surface area contributed by atoms with Crippen molar-refractivity contribution in [3.05, 3.63) is 0 Å². The van der Waals surface area contributed by atoms with Crippen LogP contribution in [0.25, 0.3) is 0 Å². The molecule has 0 aromatic rings. The average Bonchev–Trinajstić information content (AvgIpc) is 2.39. The highest BCUT2D eigenvalue weighted by molar-refractivity contribution is 5.74. The Bertz CT molecular complexity index is 247. The van der Waals surface area contributed by atoms with Crippen molar-refractivity contribution in [2.75, 3.05) is 13.2 Å². The van der Waals surface area contributed by atoms with E-state index in [1.54, 1.807) is 0 Å². The number of unbranched alkanes of at least 4 members (excludes halogenated alkanes) is 5. The van der Waals surface area contributed by atoms with E-state index in [0.29, 0.717) is 13.2 Å². The predicted molar refractivity (Wildman–Crippen MR) is 73.0 cm³/mol. The zero-order chi connectivity index (χ0) is 15.4. The topological polar surface area (TPSA) is 93.1 Å². The van der Waals surface area contributed by atoms with Crippen LogP contribution in [0.3, 0.4) is 0 Å². The van der Waals surface area contributed by atoms with Crippen molar-refractivity contribution in [2.45, 2.75) is 64.6 Å². The Morgan fingerprint density at radius 2 is 1.05 bits per heavy atom. The summed E-state index contributed by atoms with van der Waals surface area (Å²) in [7, 11) is 0. The van der Waals surface area contributed by atoms with Gasteiger partial charge in [-0.1, -0.05) is 25.7 Å². The fraction of sp³-hybridized carbons (Fsp3) is 0.857. The van der Waals surface area contributed by atoms with Gasteiger partial charge in [-0.25, -0.2) is 9.59 Å². The minimum atomic E-state index is -1.06. The van der Waals surface area contributed by atoms with Crippen molar-refractivity contribution in [2.24, 2.45) is 0 Å². The molecule has 2 N–H and O–H groups in total. The third kappa shape index (κ3) is 10.8. The number of hydrogen-bond acceptors (Lipinski definition) is 6. The van der Waals surface area contributed by atoms with E-state index in [0.717, 1.165) is 38.5 Å². The molecule has 0 aliphatic carbocycles. The van der Waals surface area contributed by atoms with Gasteiger partial charge >= 0.3 is 11.9 Å². The average molecular weight is 290 g/mol. The van der Waals surface area contributed by atoms with Crippen LogP contribution in [-0.4, -0.2) is 47.6 Å². The molecule has 0 amide bonds. The molecule has 6 heteroatoms. The van der Waals surface area contributed by atoms with E-state index in [1.165, 1.54) is 13.8 Å². The summed E-state index contributed by atoms with van der Waals surface area (Å²) in [6, 6.07) is 0. The van der Waals surface area contributed by atoms with E-state index in [2.05, 4.69) is 0 Å². The fourth-order valence-corrected chi connectivity index (χ4v) is 1.50. The molecule has 0 bridgehead atoms. The van der Waals surface area contributed by atoms with E-state index in [4.69, 9.17) is 19.7 Å². The molecule has 0 rings (SSSR count). The van der Waals surface area contributed by atoms with Crippen molar-refractivity contribution in [3.63, 3.8) is 0 Å². The Morgan fingerprint density at radius 1 is 0.750 bits per heavy atom. The molecule has 0 spiro atoms. The quantitative estimate of drug-likeness (QED) is 0.438. The van der Waals surface area contributed by atoms with E-state index in [9.17, 15) is 9.59 Å². The van der Waals surface area contributed by atoms with E-state index < -0.39 is 24.1 Å². The maximum Gasteiger partial charge on any atom is 0.334 e. The molecule has 0 aromatic carbocycles. The summed E-state index contributed by atoms with van der Waals surface area (Å²) in [5.41, 5.74) is 0. The Kier molecular flexibility index (Phi) is 11.0. The number of aliphatic hydroxyl groups is 2.